The number of likely N-dealkylation sites (N-methyl/N-ethyl adjacent to an activating group) is 1. The maximum Gasteiger partial charge on any atom is 0.235 e. The first-order chi connectivity index (χ1) is 18.9. The smallest absolute Gasteiger partial charge is 0.235 e. The van der Waals surface area contributed by atoms with Crippen molar-refractivity contribution >= 4 is 34.9 Å². The third-order valence-corrected chi connectivity index (χ3v) is 9.01. The summed E-state index contributed by atoms with van der Waals surface area (Å²) in [5, 5.41) is 22.3. The number of ketones is 4. The zero-order chi connectivity index (χ0) is 29.1. The van der Waals surface area contributed by atoms with Crippen LogP contribution >= 0.6 is 0 Å². The molecule has 0 spiro atoms. The number of aryl methyl sites for hydroxylation is 1. The number of fused-ring (bicyclic) bond motifs is 3. The summed E-state index contributed by atoms with van der Waals surface area (Å²) in [6.45, 7) is 1.95. The summed E-state index contributed by atoms with van der Waals surface area (Å²) >= 11 is 0. The van der Waals surface area contributed by atoms with E-state index in [0.717, 1.165) is 0 Å². The van der Waals surface area contributed by atoms with E-state index in [1.165, 1.54) is 25.1 Å². The molecule has 12 nitrogen and oxygen atoms in total. The SMILES string of the molecule is CN(C)C1C(=O)C(C(N)=O)C(=O)C2(O)C(=O)C3C(=O)c4c(O)ccc(CCC(=O)N5CCOCC5)c4CC3CC12. The zero-order valence-corrected chi connectivity index (χ0v) is 22.4. The second-order valence-electron chi connectivity index (χ2n) is 11.4. The third kappa shape index (κ3) is 4.16. The Balaban J connectivity index is 1.50. The van der Waals surface area contributed by atoms with E-state index in [1.54, 1.807) is 11.0 Å². The molecule has 0 bridgehead atoms. The molecule has 6 atom stereocenters. The number of phenols is 1. The normalized spacial score (nSPS) is 32.0. The second-order valence-corrected chi connectivity index (χ2v) is 11.4. The van der Waals surface area contributed by atoms with Crippen molar-refractivity contribution < 1.29 is 43.7 Å². The van der Waals surface area contributed by atoms with Gasteiger partial charge in [-0.3, -0.25) is 33.7 Å². The van der Waals surface area contributed by atoms with Crippen LogP contribution in [0.2, 0.25) is 0 Å². The molecule has 5 rings (SSSR count). The van der Waals surface area contributed by atoms with Crippen LogP contribution in [0, 0.1) is 23.7 Å². The molecular formula is C28H33N3O9. The maximum absolute atomic E-state index is 13.9. The number of primary amides is 1. The molecule has 2 saturated carbocycles. The van der Waals surface area contributed by atoms with Gasteiger partial charge in [0.25, 0.3) is 0 Å². The van der Waals surface area contributed by atoms with Crippen LogP contribution < -0.4 is 5.73 Å². The molecule has 1 heterocycles. The molecule has 12 heteroatoms. The Kier molecular flexibility index (Phi) is 7.13. The summed E-state index contributed by atoms with van der Waals surface area (Å²) < 4.78 is 5.30. The van der Waals surface area contributed by atoms with Gasteiger partial charge in [0.15, 0.2) is 34.7 Å². The molecule has 6 unspecified atom stereocenters. The molecule has 4 aliphatic rings. The summed E-state index contributed by atoms with van der Waals surface area (Å²) in [6.07, 6.45) is 0.635. The van der Waals surface area contributed by atoms with Gasteiger partial charge in [0, 0.05) is 25.4 Å². The van der Waals surface area contributed by atoms with Crippen molar-refractivity contribution in [3.63, 3.8) is 0 Å². The highest BCUT2D eigenvalue weighted by molar-refractivity contribution is 6.32. The Morgan fingerprint density at radius 1 is 1.12 bits per heavy atom. The first kappa shape index (κ1) is 28.1. The van der Waals surface area contributed by atoms with Crippen molar-refractivity contribution in [3.8, 4) is 5.75 Å². The van der Waals surface area contributed by atoms with Gasteiger partial charge in [0.05, 0.1) is 30.7 Å². The van der Waals surface area contributed by atoms with E-state index >= 15 is 0 Å². The minimum absolute atomic E-state index is 0.0221. The quantitative estimate of drug-likeness (QED) is 0.367. The molecule has 3 aliphatic carbocycles. The van der Waals surface area contributed by atoms with E-state index in [2.05, 4.69) is 0 Å². The van der Waals surface area contributed by atoms with Gasteiger partial charge >= 0.3 is 0 Å². The van der Waals surface area contributed by atoms with Crippen LogP contribution in [0.5, 0.6) is 5.75 Å². The fourth-order valence-electron chi connectivity index (χ4n) is 7.12. The van der Waals surface area contributed by atoms with Crippen molar-refractivity contribution in [2.24, 2.45) is 29.4 Å². The van der Waals surface area contributed by atoms with Gasteiger partial charge in [0.1, 0.15) is 5.75 Å². The highest BCUT2D eigenvalue weighted by Gasteiger charge is 2.69. The Hall–Kier alpha value is -3.48. The third-order valence-electron chi connectivity index (χ3n) is 9.01. The molecule has 1 saturated heterocycles. The molecule has 1 aromatic carbocycles. The Morgan fingerprint density at radius 2 is 1.80 bits per heavy atom. The zero-order valence-electron chi connectivity index (χ0n) is 22.4. The van der Waals surface area contributed by atoms with Gasteiger partial charge in [-0.1, -0.05) is 6.07 Å². The number of ether oxygens (including phenoxy) is 1. The van der Waals surface area contributed by atoms with Crippen molar-refractivity contribution in [2.45, 2.75) is 37.3 Å². The van der Waals surface area contributed by atoms with Crippen LogP contribution in [0.15, 0.2) is 12.1 Å². The molecule has 4 N–H and O–H groups in total. The lowest BCUT2D eigenvalue weighted by Gasteiger charge is -2.52. The lowest BCUT2D eigenvalue weighted by atomic mass is 9.52. The molecular weight excluding hydrogens is 522 g/mol. The minimum Gasteiger partial charge on any atom is -0.507 e. The number of nitrogens with zero attached hydrogens (tertiary/aromatic N) is 2. The van der Waals surface area contributed by atoms with Crippen LogP contribution in [0.4, 0.5) is 0 Å². The number of carbonyl (C=O) groups excluding carboxylic acids is 6. The molecule has 3 fully saturated rings. The van der Waals surface area contributed by atoms with Gasteiger partial charge in [0.2, 0.25) is 11.8 Å². The monoisotopic (exact) mass is 555 g/mol. The summed E-state index contributed by atoms with van der Waals surface area (Å²) in [5.41, 5.74) is 3.72. The van der Waals surface area contributed by atoms with E-state index in [0.29, 0.717) is 43.9 Å². The van der Waals surface area contributed by atoms with Crippen LogP contribution in [0.25, 0.3) is 0 Å². The lowest BCUT2D eigenvalue weighted by molar-refractivity contribution is -0.181. The Morgan fingerprint density at radius 3 is 2.42 bits per heavy atom. The summed E-state index contributed by atoms with van der Waals surface area (Å²) in [7, 11) is 3.08. The number of rotatable bonds is 5. The molecule has 2 amide bonds. The molecule has 1 aliphatic heterocycles. The van der Waals surface area contributed by atoms with Gasteiger partial charge < -0.3 is 25.6 Å². The van der Waals surface area contributed by atoms with Crippen molar-refractivity contribution in [1.29, 1.82) is 0 Å². The van der Waals surface area contributed by atoms with Crippen LogP contribution in [-0.2, 0) is 41.6 Å². The number of amides is 2. The fourth-order valence-corrected chi connectivity index (χ4v) is 7.12. The number of morpholine rings is 1. The van der Waals surface area contributed by atoms with E-state index < -0.39 is 64.4 Å². The highest BCUT2D eigenvalue weighted by Crippen LogP contribution is 2.51. The fraction of sp³-hybridized carbons (Fsp3) is 0.571. The lowest BCUT2D eigenvalue weighted by Crippen LogP contribution is -2.74. The Labute approximate surface area is 230 Å². The molecule has 1 aromatic rings. The van der Waals surface area contributed by atoms with E-state index in [-0.39, 0.29) is 36.5 Å². The second kappa shape index (κ2) is 10.2. The Bertz CT molecular complexity index is 1320. The maximum atomic E-state index is 13.9. The number of aliphatic hydroxyl groups is 1. The van der Waals surface area contributed by atoms with Gasteiger partial charge in [-0.05, 0) is 56.5 Å². The van der Waals surface area contributed by atoms with Crippen LogP contribution in [0.1, 0.15) is 34.3 Å². The number of Topliss-reactive ketones (excluding diaryl/α,β-unsaturated/α-hetero) is 4. The minimum atomic E-state index is -2.76. The largest absolute Gasteiger partial charge is 0.507 e. The predicted molar refractivity (Wildman–Crippen MR) is 137 cm³/mol. The average Bonchev–Trinajstić information content (AvgIpc) is 2.90. The predicted octanol–water partition coefficient (Wildman–Crippen LogP) is -1.34. The molecule has 0 radical (unpaired) electrons. The molecule has 40 heavy (non-hydrogen) atoms. The number of benzene rings is 1. The number of aromatic hydroxyl groups is 1. The molecule has 0 aromatic heterocycles. The number of nitrogens with two attached hydrogens (primary N) is 1. The highest BCUT2D eigenvalue weighted by atomic mass is 16.5. The summed E-state index contributed by atoms with van der Waals surface area (Å²) in [6, 6.07) is 1.84. The van der Waals surface area contributed by atoms with E-state index in [9.17, 15) is 39.0 Å². The number of hydrogen-bond acceptors (Lipinski definition) is 10. The van der Waals surface area contributed by atoms with Gasteiger partial charge in [-0.25, -0.2) is 0 Å². The standard InChI is InChI=1S/C28H33N3O9/c1-30(2)22-16-12-14-11-15-13(4-6-18(33)31-7-9-40-10-8-31)3-5-17(32)20(15)23(34)19(14)25(36)28(16,39)26(37)21(24(22)35)27(29)38/h3,5,14,16,19,21-22,32,39H,4,6-12H2,1-2H3,(H2,29,38). The van der Waals surface area contributed by atoms with Crippen LogP contribution in [-0.4, -0.2) is 107 Å². The van der Waals surface area contributed by atoms with Gasteiger partial charge in [-0.2, -0.15) is 0 Å². The van der Waals surface area contributed by atoms with Crippen molar-refractivity contribution in [1.82, 2.24) is 9.80 Å². The summed E-state index contributed by atoms with van der Waals surface area (Å²) in [5.74, 6) is -10.9. The first-order valence-corrected chi connectivity index (χ1v) is 13.4. The topological polar surface area (TPSA) is 185 Å². The number of carbonyl (C=O) groups is 6. The average molecular weight is 556 g/mol. The first-order valence-electron chi connectivity index (χ1n) is 13.4. The van der Waals surface area contributed by atoms with Crippen LogP contribution in [0.3, 0.4) is 0 Å². The number of hydrogen-bond donors (Lipinski definition) is 3. The van der Waals surface area contributed by atoms with E-state index in [1.807, 2.05) is 0 Å². The number of phenolic OH excluding ortho intramolecular Hbond substituents is 1. The van der Waals surface area contributed by atoms with Gasteiger partial charge in [-0.15, -0.1) is 0 Å². The van der Waals surface area contributed by atoms with E-state index in [4.69, 9.17) is 10.5 Å². The van der Waals surface area contributed by atoms with Crippen molar-refractivity contribution in [3.05, 3.63) is 28.8 Å². The van der Waals surface area contributed by atoms with Crippen molar-refractivity contribution in [2.75, 3.05) is 40.4 Å². The summed E-state index contributed by atoms with van der Waals surface area (Å²) in [4.78, 5) is 82.1. The molecule has 214 valence electrons.